The minimum Gasteiger partial charge on any atom is -0.494 e. The molecular formula is C21H20Cl2N4O2S. The Kier molecular flexibility index (Phi) is 7.79. The first-order valence-corrected chi connectivity index (χ1v) is 10.9. The number of benzene rings is 2. The van der Waals surface area contributed by atoms with Crippen LogP contribution in [0.4, 0.5) is 5.69 Å². The molecule has 0 aliphatic rings. The molecule has 0 bridgehead atoms. The van der Waals surface area contributed by atoms with Crippen molar-refractivity contribution in [2.75, 3.05) is 17.7 Å². The predicted molar refractivity (Wildman–Crippen MR) is 123 cm³/mol. The molecule has 3 aromatic rings. The van der Waals surface area contributed by atoms with Gasteiger partial charge in [-0.25, -0.2) is 0 Å². The van der Waals surface area contributed by atoms with E-state index in [-0.39, 0.29) is 11.7 Å². The Morgan fingerprint density at radius 3 is 2.63 bits per heavy atom. The van der Waals surface area contributed by atoms with E-state index in [4.69, 9.17) is 27.9 Å². The van der Waals surface area contributed by atoms with Gasteiger partial charge < -0.3 is 10.1 Å². The summed E-state index contributed by atoms with van der Waals surface area (Å²) in [5.74, 6) is 1.43. The Morgan fingerprint density at radius 2 is 1.97 bits per heavy atom. The number of hydrogen-bond acceptors (Lipinski definition) is 5. The molecule has 30 heavy (non-hydrogen) atoms. The predicted octanol–water partition coefficient (Wildman–Crippen LogP) is 5.57. The van der Waals surface area contributed by atoms with E-state index in [2.05, 4.69) is 22.1 Å². The molecular weight excluding hydrogens is 443 g/mol. The Bertz CT molecular complexity index is 1040. The van der Waals surface area contributed by atoms with Crippen LogP contribution in [-0.2, 0) is 11.3 Å². The molecule has 1 N–H and O–H groups in total. The number of ether oxygens (including phenoxy) is 1. The fraction of sp³-hybridized carbons (Fsp3) is 0.190. The Hall–Kier alpha value is -2.48. The maximum absolute atomic E-state index is 12.4. The lowest BCUT2D eigenvalue weighted by Gasteiger charge is -2.09. The average Bonchev–Trinajstić information content (AvgIpc) is 3.13. The topological polar surface area (TPSA) is 69.0 Å². The normalized spacial score (nSPS) is 10.6. The van der Waals surface area contributed by atoms with Gasteiger partial charge in [0.1, 0.15) is 5.75 Å². The van der Waals surface area contributed by atoms with Gasteiger partial charge >= 0.3 is 0 Å². The molecule has 3 rings (SSSR count). The second kappa shape index (κ2) is 10.5. The third kappa shape index (κ3) is 5.56. The van der Waals surface area contributed by atoms with Crippen LogP contribution in [0.1, 0.15) is 6.92 Å². The highest BCUT2D eigenvalue weighted by Crippen LogP contribution is 2.30. The number of anilines is 1. The molecule has 1 amide bonds. The molecule has 0 spiro atoms. The zero-order valence-corrected chi connectivity index (χ0v) is 18.6. The van der Waals surface area contributed by atoms with Crippen LogP contribution in [0.15, 0.2) is 60.3 Å². The molecule has 1 aromatic heterocycles. The Labute approximate surface area is 189 Å². The highest BCUT2D eigenvalue weighted by atomic mass is 35.5. The molecule has 156 valence electrons. The summed E-state index contributed by atoms with van der Waals surface area (Å²) in [6.07, 6.45) is 1.74. The smallest absolute Gasteiger partial charge is 0.234 e. The van der Waals surface area contributed by atoms with Gasteiger partial charge in [0.05, 0.1) is 22.4 Å². The van der Waals surface area contributed by atoms with Gasteiger partial charge in [-0.3, -0.25) is 9.36 Å². The van der Waals surface area contributed by atoms with E-state index >= 15 is 0 Å². The van der Waals surface area contributed by atoms with E-state index in [0.29, 0.717) is 39.9 Å². The van der Waals surface area contributed by atoms with E-state index in [1.54, 1.807) is 30.3 Å². The van der Waals surface area contributed by atoms with Crippen LogP contribution in [0, 0.1) is 0 Å². The molecule has 2 aromatic carbocycles. The van der Waals surface area contributed by atoms with Crippen LogP contribution < -0.4 is 10.1 Å². The summed E-state index contributed by atoms with van der Waals surface area (Å²) in [5.41, 5.74) is 1.48. The van der Waals surface area contributed by atoms with Gasteiger partial charge in [-0.15, -0.1) is 16.8 Å². The van der Waals surface area contributed by atoms with Crippen molar-refractivity contribution in [2.24, 2.45) is 0 Å². The van der Waals surface area contributed by atoms with E-state index in [1.807, 2.05) is 29.7 Å². The number of hydrogen-bond donors (Lipinski definition) is 1. The zero-order valence-electron chi connectivity index (χ0n) is 16.3. The highest BCUT2D eigenvalue weighted by Gasteiger charge is 2.16. The summed E-state index contributed by atoms with van der Waals surface area (Å²) < 4.78 is 7.28. The summed E-state index contributed by atoms with van der Waals surface area (Å²) in [6.45, 7) is 6.80. The summed E-state index contributed by atoms with van der Waals surface area (Å²) in [7, 11) is 0. The third-order valence-corrected chi connectivity index (χ3v) is 5.69. The lowest BCUT2D eigenvalue weighted by Crippen LogP contribution is -2.14. The van der Waals surface area contributed by atoms with Crippen LogP contribution in [0.3, 0.4) is 0 Å². The quantitative estimate of drug-likeness (QED) is 0.332. The van der Waals surface area contributed by atoms with Crippen LogP contribution in [0.2, 0.25) is 10.0 Å². The fourth-order valence-electron chi connectivity index (χ4n) is 2.67. The largest absolute Gasteiger partial charge is 0.494 e. The number of amides is 1. The SMILES string of the molecule is C=CCn1c(SCC(=O)Nc2ccc(OCC)cc2)nnc1-c1ccc(Cl)c(Cl)c1. The van der Waals surface area contributed by atoms with Gasteiger partial charge in [-0.05, 0) is 49.4 Å². The number of halogens is 2. The molecule has 0 saturated carbocycles. The van der Waals surface area contributed by atoms with Crippen LogP contribution in [0.5, 0.6) is 5.75 Å². The van der Waals surface area contributed by atoms with Crippen molar-refractivity contribution in [3.63, 3.8) is 0 Å². The summed E-state index contributed by atoms with van der Waals surface area (Å²) in [6, 6.07) is 12.5. The van der Waals surface area contributed by atoms with E-state index < -0.39 is 0 Å². The lowest BCUT2D eigenvalue weighted by atomic mass is 10.2. The van der Waals surface area contributed by atoms with E-state index in [9.17, 15) is 4.79 Å². The van der Waals surface area contributed by atoms with Crippen LogP contribution in [0.25, 0.3) is 11.4 Å². The number of thioether (sulfide) groups is 1. The average molecular weight is 463 g/mol. The van der Waals surface area contributed by atoms with Crippen molar-refractivity contribution in [3.8, 4) is 17.1 Å². The van der Waals surface area contributed by atoms with Crippen molar-refractivity contribution >= 4 is 46.6 Å². The van der Waals surface area contributed by atoms with Crippen LogP contribution in [-0.4, -0.2) is 33.0 Å². The van der Waals surface area contributed by atoms with Gasteiger partial charge in [0.2, 0.25) is 5.91 Å². The molecule has 0 radical (unpaired) electrons. The van der Waals surface area contributed by atoms with Gasteiger partial charge in [0.15, 0.2) is 11.0 Å². The Balaban J connectivity index is 1.68. The Morgan fingerprint density at radius 1 is 1.20 bits per heavy atom. The summed E-state index contributed by atoms with van der Waals surface area (Å²) in [5, 5.41) is 12.9. The van der Waals surface area contributed by atoms with E-state index in [0.717, 1.165) is 11.3 Å². The number of aromatic nitrogens is 3. The van der Waals surface area contributed by atoms with Gasteiger partial charge in [-0.1, -0.05) is 41.0 Å². The molecule has 0 unspecified atom stereocenters. The molecule has 0 aliphatic carbocycles. The van der Waals surface area contributed by atoms with Crippen molar-refractivity contribution in [3.05, 3.63) is 65.2 Å². The number of nitrogens with one attached hydrogen (secondary N) is 1. The molecule has 9 heteroatoms. The summed E-state index contributed by atoms with van der Waals surface area (Å²) in [4.78, 5) is 12.4. The van der Waals surface area contributed by atoms with Crippen molar-refractivity contribution in [1.29, 1.82) is 0 Å². The maximum atomic E-state index is 12.4. The first-order valence-electron chi connectivity index (χ1n) is 9.16. The molecule has 6 nitrogen and oxygen atoms in total. The van der Waals surface area contributed by atoms with Crippen molar-refractivity contribution in [1.82, 2.24) is 14.8 Å². The third-order valence-electron chi connectivity index (χ3n) is 3.99. The highest BCUT2D eigenvalue weighted by molar-refractivity contribution is 7.99. The van der Waals surface area contributed by atoms with Crippen molar-refractivity contribution in [2.45, 2.75) is 18.6 Å². The minimum absolute atomic E-state index is 0.145. The fourth-order valence-corrected chi connectivity index (χ4v) is 3.71. The number of carbonyl (C=O) groups excluding carboxylic acids is 1. The molecule has 1 heterocycles. The van der Waals surface area contributed by atoms with Gasteiger partial charge in [0.25, 0.3) is 0 Å². The maximum Gasteiger partial charge on any atom is 0.234 e. The zero-order chi connectivity index (χ0) is 21.5. The van der Waals surface area contributed by atoms with Gasteiger partial charge in [0, 0.05) is 17.8 Å². The minimum atomic E-state index is -0.145. The number of allylic oxidation sites excluding steroid dienone is 1. The molecule has 0 atom stereocenters. The molecule has 0 fully saturated rings. The standard InChI is InChI=1S/C21H20Cl2N4O2S/c1-3-11-27-20(14-5-10-17(22)18(23)12-14)25-26-21(27)30-13-19(28)24-15-6-8-16(9-7-15)29-4-2/h3,5-10,12H,1,4,11,13H2,2H3,(H,24,28). The van der Waals surface area contributed by atoms with Gasteiger partial charge in [-0.2, -0.15) is 0 Å². The lowest BCUT2D eigenvalue weighted by molar-refractivity contribution is -0.113. The van der Waals surface area contributed by atoms with Crippen molar-refractivity contribution < 1.29 is 9.53 Å². The second-order valence-electron chi connectivity index (χ2n) is 6.13. The summed E-state index contributed by atoms with van der Waals surface area (Å²) >= 11 is 13.4. The van der Waals surface area contributed by atoms with E-state index in [1.165, 1.54) is 11.8 Å². The molecule has 0 saturated heterocycles. The monoisotopic (exact) mass is 462 g/mol. The first kappa shape index (κ1) is 22.2. The second-order valence-corrected chi connectivity index (χ2v) is 7.89. The number of nitrogens with zero attached hydrogens (tertiary/aromatic N) is 3. The number of rotatable bonds is 9. The molecule has 0 aliphatic heterocycles. The first-order chi connectivity index (χ1) is 14.5. The number of carbonyl (C=O) groups is 1. The van der Waals surface area contributed by atoms with Crippen LogP contribution >= 0.6 is 35.0 Å².